The van der Waals surface area contributed by atoms with Crippen LogP contribution in [0.2, 0.25) is 0 Å². The molecule has 21 heavy (non-hydrogen) atoms. The molecular formula is C13H13N3O4S. The van der Waals surface area contributed by atoms with Crippen molar-refractivity contribution in [3.8, 4) is 11.5 Å². The van der Waals surface area contributed by atoms with Gasteiger partial charge < -0.3 is 16.2 Å². The molecule has 0 spiro atoms. The Labute approximate surface area is 121 Å². The summed E-state index contributed by atoms with van der Waals surface area (Å²) in [5.41, 5.74) is 11.1. The molecule has 0 aliphatic rings. The number of primary sulfonamides is 1. The summed E-state index contributed by atoms with van der Waals surface area (Å²) in [5, 5.41) is 5.12. The summed E-state index contributed by atoms with van der Waals surface area (Å²) in [6, 6.07) is 10.2. The first-order chi connectivity index (χ1) is 9.79. The molecule has 2 aromatic carbocycles. The smallest absolute Gasteiger partial charge is 0.252 e. The number of para-hydroxylation sites is 1. The maximum atomic E-state index is 11.6. The predicted octanol–water partition coefficient (Wildman–Crippen LogP) is 0.807. The molecule has 0 unspecified atom stereocenters. The number of carbonyl (C=O) groups is 1. The highest BCUT2D eigenvalue weighted by Gasteiger charge is 2.18. The van der Waals surface area contributed by atoms with Gasteiger partial charge in [0.2, 0.25) is 10.0 Å². The molecule has 6 N–H and O–H groups in total. The first kappa shape index (κ1) is 14.8. The van der Waals surface area contributed by atoms with Gasteiger partial charge in [0.15, 0.2) is 0 Å². The normalized spacial score (nSPS) is 11.1. The number of hydrogen-bond acceptors (Lipinski definition) is 5. The van der Waals surface area contributed by atoms with Gasteiger partial charge in [-0.3, -0.25) is 4.79 Å². The van der Waals surface area contributed by atoms with E-state index in [0.29, 0.717) is 0 Å². The molecular weight excluding hydrogens is 294 g/mol. The van der Waals surface area contributed by atoms with Gasteiger partial charge in [-0.15, -0.1) is 0 Å². The summed E-state index contributed by atoms with van der Waals surface area (Å²) >= 11 is 0. The second kappa shape index (κ2) is 5.43. The lowest BCUT2D eigenvalue weighted by atomic mass is 10.2. The molecule has 1 amide bonds. The number of rotatable bonds is 4. The van der Waals surface area contributed by atoms with E-state index in [0.717, 1.165) is 0 Å². The summed E-state index contributed by atoms with van der Waals surface area (Å²) in [7, 11) is -4.03. The lowest BCUT2D eigenvalue weighted by molar-refractivity contribution is 0.0998. The fourth-order valence-corrected chi connectivity index (χ4v) is 2.40. The first-order valence-electron chi connectivity index (χ1n) is 5.78. The zero-order valence-electron chi connectivity index (χ0n) is 10.8. The van der Waals surface area contributed by atoms with E-state index in [9.17, 15) is 13.2 Å². The summed E-state index contributed by atoms with van der Waals surface area (Å²) in [5.74, 6) is -0.613. The van der Waals surface area contributed by atoms with Gasteiger partial charge in [0, 0.05) is 5.69 Å². The maximum Gasteiger partial charge on any atom is 0.252 e. The topological polar surface area (TPSA) is 138 Å². The predicted molar refractivity (Wildman–Crippen MR) is 77.3 cm³/mol. The van der Waals surface area contributed by atoms with Gasteiger partial charge in [-0.1, -0.05) is 12.1 Å². The van der Waals surface area contributed by atoms with E-state index in [1.807, 2.05) is 0 Å². The van der Waals surface area contributed by atoms with Crippen LogP contribution in [0, 0.1) is 0 Å². The number of carbonyl (C=O) groups excluding carboxylic acids is 1. The first-order valence-corrected chi connectivity index (χ1v) is 7.32. The highest BCUT2D eigenvalue weighted by molar-refractivity contribution is 7.89. The van der Waals surface area contributed by atoms with Gasteiger partial charge in [-0.05, 0) is 30.3 Å². The summed E-state index contributed by atoms with van der Waals surface area (Å²) < 4.78 is 28.6. The molecule has 2 rings (SSSR count). The molecule has 0 aromatic heterocycles. The number of benzene rings is 2. The molecule has 0 saturated heterocycles. The quantitative estimate of drug-likeness (QED) is 0.717. The minimum atomic E-state index is -4.03. The molecule has 0 radical (unpaired) electrons. The molecule has 0 fully saturated rings. The second-order valence-electron chi connectivity index (χ2n) is 4.21. The van der Waals surface area contributed by atoms with Gasteiger partial charge in [0.1, 0.15) is 16.4 Å². The van der Waals surface area contributed by atoms with Crippen LogP contribution in [0.1, 0.15) is 10.4 Å². The van der Waals surface area contributed by atoms with Crippen molar-refractivity contribution in [2.75, 3.05) is 5.73 Å². The van der Waals surface area contributed by atoms with Gasteiger partial charge >= 0.3 is 0 Å². The van der Waals surface area contributed by atoms with Crippen LogP contribution >= 0.6 is 0 Å². The maximum absolute atomic E-state index is 11.6. The van der Waals surface area contributed by atoms with Crippen molar-refractivity contribution < 1.29 is 17.9 Å². The van der Waals surface area contributed by atoms with E-state index in [1.165, 1.54) is 30.3 Å². The van der Waals surface area contributed by atoms with E-state index in [4.69, 9.17) is 21.3 Å². The zero-order valence-corrected chi connectivity index (χ0v) is 11.6. The van der Waals surface area contributed by atoms with Crippen LogP contribution in [0.3, 0.4) is 0 Å². The number of nitrogen functional groups attached to an aromatic ring is 1. The van der Waals surface area contributed by atoms with Gasteiger partial charge in [-0.2, -0.15) is 0 Å². The van der Waals surface area contributed by atoms with Crippen molar-refractivity contribution in [3.05, 3.63) is 48.0 Å². The van der Waals surface area contributed by atoms with Crippen LogP contribution in [-0.2, 0) is 10.0 Å². The highest BCUT2D eigenvalue weighted by Crippen LogP contribution is 2.31. The third-order valence-corrected chi connectivity index (χ3v) is 3.58. The number of hydrogen-bond donors (Lipinski definition) is 3. The Kier molecular flexibility index (Phi) is 3.83. The number of primary amides is 1. The van der Waals surface area contributed by atoms with Gasteiger partial charge in [0.05, 0.1) is 5.56 Å². The third-order valence-electron chi connectivity index (χ3n) is 2.65. The van der Waals surface area contributed by atoms with Crippen molar-refractivity contribution in [3.63, 3.8) is 0 Å². The Balaban J connectivity index is 2.53. The van der Waals surface area contributed by atoms with Crippen molar-refractivity contribution in [1.82, 2.24) is 0 Å². The zero-order chi connectivity index (χ0) is 15.6. The van der Waals surface area contributed by atoms with E-state index in [-0.39, 0.29) is 27.6 Å². The lowest BCUT2D eigenvalue weighted by Crippen LogP contribution is -2.15. The highest BCUT2D eigenvalue weighted by atomic mass is 32.2. The Morgan fingerprint density at radius 1 is 1.05 bits per heavy atom. The van der Waals surface area contributed by atoms with Gasteiger partial charge in [-0.25, -0.2) is 13.6 Å². The largest absolute Gasteiger partial charge is 0.455 e. The van der Waals surface area contributed by atoms with Crippen molar-refractivity contribution >= 4 is 21.6 Å². The number of ether oxygens (including phenoxy) is 1. The molecule has 2 aromatic rings. The summed E-state index contributed by atoms with van der Waals surface area (Å²) in [6.07, 6.45) is 0. The Bertz CT molecular complexity index is 803. The molecule has 0 aliphatic heterocycles. The standard InChI is InChI=1S/C13H13N3O4S/c14-8-5-6-11(12(7-8)21(16,18)19)20-10-4-2-1-3-9(10)13(15)17/h1-7H,14H2,(H2,15,17)(H2,16,18,19). The number of nitrogens with two attached hydrogens (primary N) is 3. The number of anilines is 1. The molecule has 110 valence electrons. The van der Waals surface area contributed by atoms with Crippen molar-refractivity contribution in [2.45, 2.75) is 4.90 Å². The molecule has 8 heteroatoms. The molecule has 0 heterocycles. The lowest BCUT2D eigenvalue weighted by Gasteiger charge is -2.12. The van der Waals surface area contributed by atoms with E-state index in [1.54, 1.807) is 12.1 Å². The van der Waals surface area contributed by atoms with Crippen LogP contribution in [0.4, 0.5) is 5.69 Å². The van der Waals surface area contributed by atoms with Crippen LogP contribution in [0.15, 0.2) is 47.4 Å². The van der Waals surface area contributed by atoms with E-state index >= 15 is 0 Å². The SMILES string of the molecule is NC(=O)c1ccccc1Oc1ccc(N)cc1S(N)(=O)=O. The van der Waals surface area contributed by atoms with Crippen LogP contribution < -0.4 is 21.3 Å². The Morgan fingerprint density at radius 2 is 1.71 bits per heavy atom. The van der Waals surface area contributed by atoms with E-state index < -0.39 is 15.9 Å². The average molecular weight is 307 g/mol. The number of sulfonamides is 1. The van der Waals surface area contributed by atoms with Gasteiger partial charge in [0.25, 0.3) is 5.91 Å². The van der Waals surface area contributed by atoms with E-state index in [2.05, 4.69) is 0 Å². The Hall–Kier alpha value is -2.58. The molecule has 0 aliphatic carbocycles. The minimum absolute atomic E-state index is 0.0413. The Morgan fingerprint density at radius 3 is 2.33 bits per heavy atom. The second-order valence-corrected chi connectivity index (χ2v) is 5.74. The average Bonchev–Trinajstić information content (AvgIpc) is 2.40. The van der Waals surface area contributed by atoms with Crippen LogP contribution in [-0.4, -0.2) is 14.3 Å². The molecule has 0 saturated carbocycles. The van der Waals surface area contributed by atoms with Crippen molar-refractivity contribution in [2.24, 2.45) is 10.9 Å². The summed E-state index contributed by atoms with van der Waals surface area (Å²) in [4.78, 5) is 11.1. The fraction of sp³-hybridized carbons (Fsp3) is 0. The van der Waals surface area contributed by atoms with Crippen molar-refractivity contribution in [1.29, 1.82) is 0 Å². The molecule has 0 bridgehead atoms. The van der Waals surface area contributed by atoms with Crippen LogP contribution in [0.5, 0.6) is 11.5 Å². The summed E-state index contributed by atoms with van der Waals surface area (Å²) in [6.45, 7) is 0. The number of amides is 1. The molecule has 7 nitrogen and oxygen atoms in total. The monoisotopic (exact) mass is 307 g/mol. The fourth-order valence-electron chi connectivity index (χ4n) is 1.71. The van der Waals surface area contributed by atoms with Crippen LogP contribution in [0.25, 0.3) is 0 Å². The third kappa shape index (κ3) is 3.30. The molecule has 0 atom stereocenters. The minimum Gasteiger partial charge on any atom is -0.455 e.